The predicted octanol–water partition coefficient (Wildman–Crippen LogP) is -0.609. The third-order valence-corrected chi connectivity index (χ3v) is 6.74. The number of hydrogen-bond acceptors (Lipinski definition) is 7. The Labute approximate surface area is 249 Å². The van der Waals surface area contributed by atoms with Crippen LogP contribution in [0.25, 0.3) is 0 Å². The molecule has 1 N–H and O–H groups in total. The number of aliphatic carboxylic acids is 2. The second kappa shape index (κ2) is 10.5. The van der Waals surface area contributed by atoms with Crippen LogP contribution in [0.2, 0.25) is 0 Å². The molecule has 0 aromatic heterocycles. The Bertz CT molecular complexity index is 785. The first-order chi connectivity index (χ1) is 15.4. The van der Waals surface area contributed by atoms with Crippen LogP contribution in [0.3, 0.4) is 0 Å². The number of carbonyl (C=O) groups is 4. The molecule has 35 heavy (non-hydrogen) atoms. The van der Waals surface area contributed by atoms with Crippen LogP contribution < -0.4 is 56.5 Å². The average molecular weight is 521 g/mol. The minimum atomic E-state index is -1.18. The van der Waals surface area contributed by atoms with Gasteiger partial charge in [0.2, 0.25) is 0 Å². The van der Waals surface area contributed by atoms with Crippen LogP contribution in [0.15, 0.2) is 0 Å². The monoisotopic (exact) mass is 520 g/mol. The van der Waals surface area contributed by atoms with E-state index in [0.717, 1.165) is 25.7 Å². The van der Waals surface area contributed by atoms with E-state index in [1.165, 1.54) is 9.80 Å². The Morgan fingerprint density at radius 3 is 1.40 bits per heavy atom. The molecule has 192 valence electrons. The fourth-order valence-electron chi connectivity index (χ4n) is 4.65. The van der Waals surface area contributed by atoms with Gasteiger partial charge in [0.05, 0.1) is 12.0 Å². The summed E-state index contributed by atoms with van der Waals surface area (Å²) in [5.41, 5.74) is -1.09. The van der Waals surface area contributed by atoms with Gasteiger partial charge in [-0.25, -0.2) is 14.4 Å². The smallest absolute Gasteiger partial charge is 0.548 e. The van der Waals surface area contributed by atoms with Crippen LogP contribution in [0.4, 0.5) is 9.59 Å². The number of rotatable bonds is 2. The van der Waals surface area contributed by atoms with Crippen molar-refractivity contribution in [2.24, 2.45) is 10.8 Å². The van der Waals surface area contributed by atoms with Gasteiger partial charge in [-0.15, -0.1) is 0 Å². The molecule has 0 unspecified atom stereocenters. The third-order valence-electron chi connectivity index (χ3n) is 6.74. The molecule has 4 rings (SSSR count). The maximum atomic E-state index is 11.9. The molecule has 2 heterocycles. The van der Waals surface area contributed by atoms with Crippen LogP contribution in [-0.4, -0.2) is 75.4 Å². The molecular weight excluding hydrogens is 483 g/mol. The quantitative estimate of drug-likeness (QED) is 0.476. The summed E-state index contributed by atoms with van der Waals surface area (Å²) in [6.07, 6.45) is 4.07. The fraction of sp³-hybridized carbons (Fsp3) is 0.833. The van der Waals surface area contributed by atoms with E-state index in [4.69, 9.17) is 14.6 Å². The summed E-state index contributed by atoms with van der Waals surface area (Å²) in [7, 11) is 0. The van der Waals surface area contributed by atoms with Gasteiger partial charge in [0.25, 0.3) is 0 Å². The number of hydrogen-bond donors (Lipinski definition) is 1. The summed E-state index contributed by atoms with van der Waals surface area (Å²) in [6, 6.07) is -1.54. The van der Waals surface area contributed by atoms with Crippen molar-refractivity contribution in [3.63, 3.8) is 0 Å². The first-order valence-electron chi connectivity index (χ1n) is 11.9. The Hall–Kier alpha value is -0.884. The summed E-state index contributed by atoms with van der Waals surface area (Å²) in [5, 5.41) is 20.2. The van der Waals surface area contributed by atoms with Crippen LogP contribution in [0.5, 0.6) is 0 Å². The molecule has 2 spiro atoms. The molecule has 4 fully saturated rings. The Morgan fingerprint density at radius 2 is 1.11 bits per heavy atom. The van der Waals surface area contributed by atoms with Crippen LogP contribution in [0.1, 0.15) is 80.1 Å². The average Bonchev–Trinajstić information content (AvgIpc) is 3.48. The van der Waals surface area contributed by atoms with Crippen molar-refractivity contribution in [2.45, 2.75) is 103 Å². The molecule has 0 aromatic carbocycles. The van der Waals surface area contributed by atoms with Crippen molar-refractivity contribution in [3.8, 4) is 0 Å². The largest absolute Gasteiger partial charge is 1.00 e. The third kappa shape index (κ3) is 8.05. The Kier molecular flexibility index (Phi) is 9.08. The Balaban J connectivity index is 0.000000240. The molecule has 2 saturated heterocycles. The van der Waals surface area contributed by atoms with E-state index in [1.54, 1.807) is 41.5 Å². The Morgan fingerprint density at radius 1 is 0.771 bits per heavy atom. The van der Waals surface area contributed by atoms with Crippen molar-refractivity contribution in [2.75, 3.05) is 13.1 Å². The van der Waals surface area contributed by atoms with Gasteiger partial charge in [0.1, 0.15) is 17.2 Å². The zero-order valence-corrected chi connectivity index (χ0v) is 25.1. The maximum absolute atomic E-state index is 11.9. The number of nitrogens with zero attached hydrogens (tertiary/aromatic N) is 2. The number of carboxylic acid groups (broad SMARTS) is 2. The topological polar surface area (TPSA) is 137 Å². The van der Waals surface area contributed by atoms with E-state index in [2.05, 4.69) is 0 Å². The molecule has 0 bridgehead atoms. The van der Waals surface area contributed by atoms with E-state index in [1.807, 2.05) is 0 Å². The number of likely N-dealkylation sites (tertiary alicyclic amines) is 2. The van der Waals surface area contributed by atoms with Crippen LogP contribution >= 0.6 is 0 Å². The molecule has 4 aliphatic rings. The van der Waals surface area contributed by atoms with E-state index in [9.17, 15) is 24.3 Å². The van der Waals surface area contributed by atoms with Gasteiger partial charge in [-0.3, -0.25) is 9.80 Å². The van der Waals surface area contributed by atoms with Gasteiger partial charge in [0.15, 0.2) is 0 Å². The first-order valence-corrected chi connectivity index (χ1v) is 11.9. The van der Waals surface area contributed by atoms with Crippen LogP contribution in [-0.2, 0) is 19.1 Å². The van der Waals surface area contributed by atoms with E-state index in [-0.39, 0.29) is 62.2 Å². The standard InChI is InChI=1S/2C12H19NO4.K/c2*1-11(2,3)17-10(16)13-7-12(4-5-12)6-8(13)9(14)15;/h2*8H,4-7H2,1-3H3,(H,14,15);/q;;+1/p-1/t2*8-;/m00./s1. The molecule has 2 amide bonds. The number of amides is 2. The van der Waals surface area contributed by atoms with Gasteiger partial charge in [0, 0.05) is 13.1 Å². The molecule has 2 aliphatic carbocycles. The molecular formula is C24H37KN2O8. The van der Waals surface area contributed by atoms with Gasteiger partial charge in [-0.2, -0.15) is 0 Å². The number of ether oxygens (including phenoxy) is 2. The summed E-state index contributed by atoms with van der Waals surface area (Å²) >= 11 is 0. The molecule has 2 saturated carbocycles. The van der Waals surface area contributed by atoms with E-state index >= 15 is 0 Å². The summed E-state index contributed by atoms with van der Waals surface area (Å²) < 4.78 is 10.5. The first kappa shape index (κ1) is 30.3. The van der Waals surface area contributed by atoms with Crippen molar-refractivity contribution in [1.82, 2.24) is 9.80 Å². The zero-order valence-electron chi connectivity index (χ0n) is 22.0. The second-order valence-electron chi connectivity index (χ2n) is 12.3. The molecule has 2 aliphatic heterocycles. The minimum absolute atomic E-state index is 0. The van der Waals surface area contributed by atoms with Crippen LogP contribution in [0, 0.1) is 10.8 Å². The zero-order chi connectivity index (χ0) is 25.7. The molecule has 0 aromatic rings. The summed E-state index contributed by atoms with van der Waals surface area (Å²) in [4.78, 5) is 48.7. The van der Waals surface area contributed by atoms with Gasteiger partial charge >= 0.3 is 69.5 Å². The van der Waals surface area contributed by atoms with Gasteiger partial charge in [-0.1, -0.05) is 0 Å². The predicted molar refractivity (Wildman–Crippen MR) is 119 cm³/mol. The van der Waals surface area contributed by atoms with Gasteiger partial charge < -0.3 is 24.5 Å². The van der Waals surface area contributed by atoms with Crippen molar-refractivity contribution < 1.29 is 90.2 Å². The number of carboxylic acids is 2. The van der Waals surface area contributed by atoms with Crippen molar-refractivity contribution >= 4 is 24.1 Å². The second-order valence-corrected chi connectivity index (χ2v) is 12.3. The molecule has 0 radical (unpaired) electrons. The van der Waals surface area contributed by atoms with E-state index in [0.29, 0.717) is 25.9 Å². The maximum Gasteiger partial charge on any atom is 1.00 e. The normalized spacial score (nSPS) is 25.3. The summed E-state index contributed by atoms with van der Waals surface area (Å²) in [5.74, 6) is -2.11. The molecule has 2 atom stereocenters. The van der Waals surface area contributed by atoms with Crippen molar-refractivity contribution in [1.29, 1.82) is 0 Å². The fourth-order valence-corrected chi connectivity index (χ4v) is 4.65. The van der Waals surface area contributed by atoms with E-state index < -0.39 is 47.4 Å². The van der Waals surface area contributed by atoms with Crippen molar-refractivity contribution in [3.05, 3.63) is 0 Å². The molecule has 11 heteroatoms. The summed E-state index contributed by atoms with van der Waals surface area (Å²) in [6.45, 7) is 11.7. The minimum Gasteiger partial charge on any atom is -0.548 e. The molecule has 10 nitrogen and oxygen atoms in total. The number of carbonyl (C=O) groups excluding carboxylic acids is 3. The SMILES string of the molecule is CC(C)(C)OC(=O)N1CC2(CC2)C[C@H]1C(=O)O.CC(C)(C)OC(=O)N1CC2(CC2)C[C@H]1C(=O)[O-].[K+]. The van der Waals surface area contributed by atoms with Gasteiger partial charge in [-0.05, 0) is 90.9 Å².